The minimum absolute atomic E-state index is 0.0886. The lowest BCUT2D eigenvalue weighted by Gasteiger charge is -2.27. The van der Waals surface area contributed by atoms with Crippen LogP contribution in [0, 0.1) is 0 Å². The summed E-state index contributed by atoms with van der Waals surface area (Å²) in [6.45, 7) is 0. The van der Waals surface area contributed by atoms with Gasteiger partial charge >= 0.3 is 0 Å². The molecule has 6 heteroatoms. The van der Waals surface area contributed by atoms with E-state index in [0.29, 0.717) is 22.8 Å². The molecule has 1 aliphatic rings. The number of benzene rings is 2. The predicted octanol–water partition coefficient (Wildman–Crippen LogP) is 3.87. The highest BCUT2D eigenvalue weighted by Crippen LogP contribution is 2.39. The number of carbonyl (C=O) groups is 1. The molecule has 27 heavy (non-hydrogen) atoms. The van der Waals surface area contributed by atoms with Crippen molar-refractivity contribution in [2.75, 3.05) is 24.4 Å². The Labute approximate surface area is 157 Å². The first-order valence-electron chi connectivity index (χ1n) is 8.55. The molecule has 0 bridgehead atoms. The first-order valence-corrected chi connectivity index (χ1v) is 8.55. The molecule has 6 nitrogen and oxygen atoms in total. The van der Waals surface area contributed by atoms with Crippen molar-refractivity contribution in [1.29, 1.82) is 0 Å². The molecule has 0 spiro atoms. The van der Waals surface area contributed by atoms with Crippen LogP contribution in [0.1, 0.15) is 22.2 Å². The van der Waals surface area contributed by atoms with Gasteiger partial charge in [-0.2, -0.15) is 0 Å². The molecule has 136 valence electrons. The number of pyridine rings is 1. The third kappa shape index (κ3) is 2.95. The van der Waals surface area contributed by atoms with Crippen LogP contribution in [0.5, 0.6) is 11.5 Å². The molecule has 1 amide bonds. The van der Waals surface area contributed by atoms with Gasteiger partial charge in [0.15, 0.2) is 6.17 Å². The summed E-state index contributed by atoms with van der Waals surface area (Å²) in [5.41, 5.74) is 2.82. The van der Waals surface area contributed by atoms with E-state index in [9.17, 15) is 4.79 Å². The monoisotopic (exact) mass is 361 g/mol. The van der Waals surface area contributed by atoms with Crippen LogP contribution in [0.2, 0.25) is 0 Å². The normalized spacial score (nSPS) is 15.4. The standard InChI is InChI=1S/C21H19N3O3/c1-26-15-10-11-17(18(13-15)27-2)23-20-19-16(9-6-12-22-19)21(25)24(20)14-7-4-3-5-8-14/h3-13,20,23H,1-2H3. The van der Waals surface area contributed by atoms with E-state index in [0.717, 1.165) is 11.4 Å². The lowest BCUT2D eigenvalue weighted by Crippen LogP contribution is -2.32. The van der Waals surface area contributed by atoms with Gasteiger partial charge in [-0.15, -0.1) is 0 Å². The van der Waals surface area contributed by atoms with Crippen molar-refractivity contribution in [3.8, 4) is 11.5 Å². The topological polar surface area (TPSA) is 63.7 Å². The molecule has 1 aromatic heterocycles. The number of fused-ring (bicyclic) bond motifs is 1. The lowest BCUT2D eigenvalue weighted by molar-refractivity contribution is 0.0993. The number of anilines is 2. The minimum Gasteiger partial charge on any atom is -0.497 e. The third-order valence-electron chi connectivity index (χ3n) is 4.54. The fraction of sp³-hybridized carbons (Fsp3) is 0.143. The molecular weight excluding hydrogens is 342 g/mol. The summed E-state index contributed by atoms with van der Waals surface area (Å²) in [5.74, 6) is 1.23. The van der Waals surface area contributed by atoms with Gasteiger partial charge in [-0.1, -0.05) is 18.2 Å². The van der Waals surface area contributed by atoms with Crippen molar-refractivity contribution in [2.24, 2.45) is 0 Å². The summed E-state index contributed by atoms with van der Waals surface area (Å²) < 4.78 is 10.7. The lowest BCUT2D eigenvalue weighted by atomic mass is 10.2. The van der Waals surface area contributed by atoms with Crippen molar-refractivity contribution >= 4 is 17.3 Å². The maximum atomic E-state index is 13.0. The van der Waals surface area contributed by atoms with Crippen LogP contribution >= 0.6 is 0 Å². The molecule has 3 aromatic rings. The van der Waals surface area contributed by atoms with Crippen LogP contribution in [0.3, 0.4) is 0 Å². The first kappa shape index (κ1) is 16.9. The zero-order valence-corrected chi connectivity index (χ0v) is 15.0. The number of carbonyl (C=O) groups excluding carboxylic acids is 1. The second-order valence-corrected chi connectivity index (χ2v) is 6.06. The summed E-state index contributed by atoms with van der Waals surface area (Å²) in [6.07, 6.45) is 1.25. The van der Waals surface area contributed by atoms with E-state index in [1.54, 1.807) is 43.5 Å². The van der Waals surface area contributed by atoms with Crippen molar-refractivity contribution < 1.29 is 14.3 Å². The van der Waals surface area contributed by atoms with Crippen LogP contribution in [-0.4, -0.2) is 25.1 Å². The first-order chi connectivity index (χ1) is 13.2. The fourth-order valence-corrected chi connectivity index (χ4v) is 3.24. The Morgan fingerprint density at radius 2 is 1.81 bits per heavy atom. The Morgan fingerprint density at radius 1 is 1.00 bits per heavy atom. The van der Waals surface area contributed by atoms with Gasteiger partial charge in [-0.05, 0) is 36.4 Å². The summed E-state index contributed by atoms with van der Waals surface area (Å²) in [7, 11) is 3.20. The number of ether oxygens (including phenoxy) is 2. The van der Waals surface area contributed by atoms with Crippen molar-refractivity contribution in [3.05, 3.63) is 78.1 Å². The van der Waals surface area contributed by atoms with E-state index in [-0.39, 0.29) is 5.91 Å². The molecule has 4 rings (SSSR count). The number of methoxy groups -OCH3 is 2. The van der Waals surface area contributed by atoms with E-state index >= 15 is 0 Å². The number of hydrogen-bond donors (Lipinski definition) is 1. The van der Waals surface area contributed by atoms with Crippen LogP contribution in [0.4, 0.5) is 11.4 Å². The zero-order valence-electron chi connectivity index (χ0n) is 15.0. The molecular formula is C21H19N3O3. The van der Waals surface area contributed by atoms with E-state index in [4.69, 9.17) is 9.47 Å². The van der Waals surface area contributed by atoms with Gasteiger partial charge in [0.25, 0.3) is 5.91 Å². The SMILES string of the molecule is COc1ccc(NC2c3ncccc3C(=O)N2c2ccccc2)c(OC)c1. The Bertz CT molecular complexity index is 975. The molecule has 1 atom stereocenters. The number of rotatable bonds is 5. The van der Waals surface area contributed by atoms with Gasteiger partial charge in [-0.25, -0.2) is 0 Å². The van der Waals surface area contributed by atoms with E-state index in [1.165, 1.54) is 0 Å². The summed E-state index contributed by atoms with van der Waals surface area (Å²) >= 11 is 0. The fourth-order valence-electron chi connectivity index (χ4n) is 3.24. The van der Waals surface area contributed by atoms with Gasteiger partial charge in [0.2, 0.25) is 0 Å². The minimum atomic E-state index is -0.446. The maximum absolute atomic E-state index is 13.0. The second-order valence-electron chi connectivity index (χ2n) is 6.06. The van der Waals surface area contributed by atoms with Gasteiger partial charge in [0, 0.05) is 18.0 Å². The Kier molecular flexibility index (Phi) is 4.38. The smallest absolute Gasteiger partial charge is 0.262 e. The van der Waals surface area contributed by atoms with Gasteiger partial charge in [-0.3, -0.25) is 14.7 Å². The molecule has 1 N–H and O–H groups in total. The van der Waals surface area contributed by atoms with Crippen LogP contribution in [0.15, 0.2) is 66.9 Å². The summed E-state index contributed by atoms with van der Waals surface area (Å²) in [5, 5.41) is 3.41. The molecule has 2 heterocycles. The highest BCUT2D eigenvalue weighted by molar-refractivity contribution is 6.11. The van der Waals surface area contributed by atoms with Crippen LogP contribution in [-0.2, 0) is 0 Å². The summed E-state index contributed by atoms with van der Waals surface area (Å²) in [4.78, 5) is 19.2. The molecule has 0 aliphatic carbocycles. The average molecular weight is 361 g/mol. The highest BCUT2D eigenvalue weighted by Gasteiger charge is 2.39. The molecule has 1 aliphatic heterocycles. The van der Waals surface area contributed by atoms with E-state index < -0.39 is 6.17 Å². The van der Waals surface area contributed by atoms with Gasteiger partial charge in [0.1, 0.15) is 11.5 Å². The van der Waals surface area contributed by atoms with Crippen molar-refractivity contribution in [2.45, 2.75) is 6.17 Å². The second kappa shape index (κ2) is 6.99. The average Bonchev–Trinajstić information content (AvgIpc) is 3.01. The van der Waals surface area contributed by atoms with E-state index in [1.807, 2.05) is 42.5 Å². The van der Waals surface area contributed by atoms with Crippen LogP contribution < -0.4 is 19.7 Å². The molecule has 0 radical (unpaired) electrons. The number of para-hydroxylation sites is 1. The van der Waals surface area contributed by atoms with E-state index in [2.05, 4.69) is 10.3 Å². The molecule has 2 aromatic carbocycles. The van der Waals surface area contributed by atoms with Crippen molar-refractivity contribution in [1.82, 2.24) is 4.98 Å². The number of aromatic nitrogens is 1. The van der Waals surface area contributed by atoms with Gasteiger partial charge in [0.05, 0.1) is 31.2 Å². The number of nitrogens with one attached hydrogen (secondary N) is 1. The number of nitrogens with zero attached hydrogens (tertiary/aromatic N) is 2. The molecule has 0 fully saturated rings. The summed E-state index contributed by atoms with van der Waals surface area (Å²) in [6, 6.07) is 18.6. The Hall–Kier alpha value is -3.54. The molecule has 1 unspecified atom stereocenters. The molecule has 0 saturated carbocycles. The quantitative estimate of drug-likeness (QED) is 0.747. The third-order valence-corrected chi connectivity index (χ3v) is 4.54. The van der Waals surface area contributed by atoms with Crippen molar-refractivity contribution in [3.63, 3.8) is 0 Å². The maximum Gasteiger partial charge on any atom is 0.262 e. The number of hydrogen-bond acceptors (Lipinski definition) is 5. The van der Waals surface area contributed by atoms with Gasteiger partial charge < -0.3 is 14.8 Å². The zero-order chi connectivity index (χ0) is 18.8. The highest BCUT2D eigenvalue weighted by atomic mass is 16.5. The Balaban J connectivity index is 1.78. The molecule has 0 saturated heterocycles. The Morgan fingerprint density at radius 3 is 2.56 bits per heavy atom. The number of amides is 1. The largest absolute Gasteiger partial charge is 0.497 e. The van der Waals surface area contributed by atoms with Crippen LogP contribution in [0.25, 0.3) is 0 Å². The predicted molar refractivity (Wildman–Crippen MR) is 103 cm³/mol.